The SMILES string of the molecule is CN(C)N=C1C=CC=C1N(C)C. The van der Waals surface area contributed by atoms with Gasteiger partial charge in [0.05, 0.1) is 5.70 Å². The van der Waals surface area contributed by atoms with Gasteiger partial charge in [-0.05, 0) is 12.2 Å². The Morgan fingerprint density at radius 3 is 2.33 bits per heavy atom. The summed E-state index contributed by atoms with van der Waals surface area (Å²) in [5.41, 5.74) is 2.17. The van der Waals surface area contributed by atoms with Crippen molar-refractivity contribution in [1.29, 1.82) is 0 Å². The molecular formula is C9H15N3. The van der Waals surface area contributed by atoms with Crippen LogP contribution in [0.2, 0.25) is 0 Å². The highest BCUT2D eigenvalue weighted by Crippen LogP contribution is 2.10. The fourth-order valence-corrected chi connectivity index (χ4v) is 1.08. The second kappa shape index (κ2) is 3.43. The molecule has 3 heteroatoms. The van der Waals surface area contributed by atoms with Crippen LogP contribution in [0.4, 0.5) is 0 Å². The minimum atomic E-state index is 1.02. The van der Waals surface area contributed by atoms with Gasteiger partial charge in [-0.25, -0.2) is 0 Å². The van der Waals surface area contributed by atoms with E-state index in [1.807, 2.05) is 45.4 Å². The Labute approximate surface area is 73.7 Å². The molecular weight excluding hydrogens is 150 g/mol. The summed E-state index contributed by atoms with van der Waals surface area (Å²) in [7, 11) is 7.88. The highest BCUT2D eigenvalue weighted by Gasteiger charge is 2.09. The molecule has 1 aliphatic carbocycles. The van der Waals surface area contributed by atoms with Crippen LogP contribution in [-0.2, 0) is 0 Å². The zero-order chi connectivity index (χ0) is 9.14. The maximum atomic E-state index is 4.33. The molecule has 0 atom stereocenters. The van der Waals surface area contributed by atoms with E-state index < -0.39 is 0 Å². The molecule has 0 saturated heterocycles. The summed E-state index contributed by atoms with van der Waals surface area (Å²) in [6, 6.07) is 0. The standard InChI is InChI=1S/C9H15N3/c1-11(2)9-7-5-6-8(9)10-12(3)4/h5-7H,1-4H3. The summed E-state index contributed by atoms with van der Waals surface area (Å²) < 4.78 is 0. The van der Waals surface area contributed by atoms with Crippen LogP contribution < -0.4 is 0 Å². The van der Waals surface area contributed by atoms with Crippen LogP contribution >= 0.6 is 0 Å². The molecule has 0 aromatic rings. The Morgan fingerprint density at radius 1 is 1.17 bits per heavy atom. The van der Waals surface area contributed by atoms with Gasteiger partial charge in [-0.3, -0.25) is 0 Å². The molecule has 0 amide bonds. The summed E-state index contributed by atoms with van der Waals surface area (Å²) in [5.74, 6) is 0. The minimum Gasteiger partial charge on any atom is -0.376 e. The minimum absolute atomic E-state index is 1.02. The fourth-order valence-electron chi connectivity index (χ4n) is 1.08. The summed E-state index contributed by atoms with van der Waals surface area (Å²) in [4.78, 5) is 2.06. The van der Waals surface area contributed by atoms with Crippen molar-refractivity contribution in [3.63, 3.8) is 0 Å². The predicted molar refractivity (Wildman–Crippen MR) is 52.0 cm³/mol. The highest BCUT2D eigenvalue weighted by atomic mass is 15.4. The number of nitrogens with zero attached hydrogens (tertiary/aromatic N) is 3. The van der Waals surface area contributed by atoms with Gasteiger partial charge in [0.25, 0.3) is 0 Å². The third kappa shape index (κ3) is 1.87. The Morgan fingerprint density at radius 2 is 1.83 bits per heavy atom. The third-order valence-electron chi connectivity index (χ3n) is 1.56. The van der Waals surface area contributed by atoms with Gasteiger partial charge in [0.2, 0.25) is 0 Å². The van der Waals surface area contributed by atoms with Gasteiger partial charge < -0.3 is 9.91 Å². The Hall–Kier alpha value is -1.25. The van der Waals surface area contributed by atoms with Gasteiger partial charge in [0.1, 0.15) is 5.71 Å². The van der Waals surface area contributed by atoms with E-state index >= 15 is 0 Å². The summed E-state index contributed by atoms with van der Waals surface area (Å²) in [6.45, 7) is 0. The average molecular weight is 165 g/mol. The number of hydrogen-bond acceptors (Lipinski definition) is 3. The maximum Gasteiger partial charge on any atom is 0.106 e. The molecule has 3 nitrogen and oxygen atoms in total. The lowest BCUT2D eigenvalue weighted by Crippen LogP contribution is -2.18. The van der Waals surface area contributed by atoms with Crippen molar-refractivity contribution < 1.29 is 0 Å². The van der Waals surface area contributed by atoms with E-state index in [1.165, 1.54) is 0 Å². The van der Waals surface area contributed by atoms with Gasteiger partial charge in [-0.2, -0.15) is 5.10 Å². The van der Waals surface area contributed by atoms with Crippen LogP contribution in [-0.4, -0.2) is 43.8 Å². The van der Waals surface area contributed by atoms with E-state index in [2.05, 4.69) is 16.1 Å². The lowest BCUT2D eigenvalue weighted by Gasteiger charge is -2.15. The van der Waals surface area contributed by atoms with E-state index in [9.17, 15) is 0 Å². The predicted octanol–water partition coefficient (Wildman–Crippen LogP) is 0.919. The van der Waals surface area contributed by atoms with Gasteiger partial charge in [-0.1, -0.05) is 6.08 Å². The summed E-state index contributed by atoms with van der Waals surface area (Å²) in [6.07, 6.45) is 6.08. The number of allylic oxidation sites excluding steroid dienone is 3. The zero-order valence-electron chi connectivity index (χ0n) is 8.07. The Balaban J connectivity index is 2.80. The topological polar surface area (TPSA) is 18.8 Å². The molecule has 0 heterocycles. The van der Waals surface area contributed by atoms with Crippen LogP contribution in [0.15, 0.2) is 29.0 Å². The first-order valence-electron chi connectivity index (χ1n) is 3.93. The molecule has 66 valence electrons. The van der Waals surface area contributed by atoms with Crippen molar-refractivity contribution in [2.24, 2.45) is 5.10 Å². The first kappa shape index (κ1) is 8.84. The van der Waals surface area contributed by atoms with Crippen LogP contribution in [0, 0.1) is 0 Å². The van der Waals surface area contributed by atoms with Gasteiger partial charge in [0, 0.05) is 28.2 Å². The Bertz CT molecular complexity index is 246. The first-order chi connectivity index (χ1) is 5.61. The number of rotatable bonds is 2. The molecule has 0 radical (unpaired) electrons. The average Bonchev–Trinajstić information content (AvgIpc) is 2.33. The molecule has 0 saturated carbocycles. The molecule has 0 fully saturated rings. The highest BCUT2D eigenvalue weighted by molar-refractivity contribution is 6.10. The second-order valence-corrected chi connectivity index (χ2v) is 3.14. The van der Waals surface area contributed by atoms with E-state index in [1.54, 1.807) is 0 Å². The quantitative estimate of drug-likeness (QED) is 0.567. The van der Waals surface area contributed by atoms with Crippen molar-refractivity contribution in [3.8, 4) is 0 Å². The summed E-state index contributed by atoms with van der Waals surface area (Å²) >= 11 is 0. The third-order valence-corrected chi connectivity index (χ3v) is 1.56. The summed E-state index contributed by atoms with van der Waals surface area (Å²) in [5, 5.41) is 6.14. The lowest BCUT2D eigenvalue weighted by molar-refractivity contribution is 0.435. The van der Waals surface area contributed by atoms with Crippen LogP contribution in [0.1, 0.15) is 0 Å². The monoisotopic (exact) mass is 165 g/mol. The number of hydrazone groups is 1. The molecule has 12 heavy (non-hydrogen) atoms. The van der Waals surface area contributed by atoms with Gasteiger partial charge in [0.15, 0.2) is 0 Å². The molecule has 1 rings (SSSR count). The molecule has 0 unspecified atom stereocenters. The van der Waals surface area contributed by atoms with E-state index in [0.717, 1.165) is 11.4 Å². The maximum absolute atomic E-state index is 4.33. The van der Waals surface area contributed by atoms with Crippen molar-refractivity contribution in [1.82, 2.24) is 9.91 Å². The largest absolute Gasteiger partial charge is 0.376 e. The van der Waals surface area contributed by atoms with E-state index in [0.29, 0.717) is 0 Å². The van der Waals surface area contributed by atoms with Gasteiger partial charge >= 0.3 is 0 Å². The molecule has 0 N–H and O–H groups in total. The molecule has 0 aliphatic heterocycles. The fraction of sp³-hybridized carbons (Fsp3) is 0.444. The van der Waals surface area contributed by atoms with Crippen molar-refractivity contribution >= 4 is 5.71 Å². The lowest BCUT2D eigenvalue weighted by atomic mass is 10.3. The Kier molecular flexibility index (Phi) is 2.53. The van der Waals surface area contributed by atoms with Crippen molar-refractivity contribution in [3.05, 3.63) is 23.9 Å². The van der Waals surface area contributed by atoms with Gasteiger partial charge in [-0.15, -0.1) is 0 Å². The first-order valence-corrected chi connectivity index (χ1v) is 3.93. The molecule has 0 bridgehead atoms. The molecule has 0 spiro atoms. The smallest absolute Gasteiger partial charge is 0.106 e. The second-order valence-electron chi connectivity index (χ2n) is 3.14. The van der Waals surface area contributed by atoms with Crippen LogP contribution in [0.5, 0.6) is 0 Å². The number of hydrogen-bond donors (Lipinski definition) is 0. The van der Waals surface area contributed by atoms with Crippen molar-refractivity contribution in [2.45, 2.75) is 0 Å². The van der Waals surface area contributed by atoms with Crippen molar-refractivity contribution in [2.75, 3.05) is 28.2 Å². The normalized spacial score (nSPS) is 18.3. The van der Waals surface area contributed by atoms with E-state index in [4.69, 9.17) is 0 Å². The van der Waals surface area contributed by atoms with E-state index in [-0.39, 0.29) is 0 Å². The molecule has 0 aromatic carbocycles. The zero-order valence-corrected chi connectivity index (χ0v) is 8.07. The molecule has 1 aliphatic rings. The van der Waals surface area contributed by atoms with Crippen LogP contribution in [0.3, 0.4) is 0 Å². The van der Waals surface area contributed by atoms with Crippen LogP contribution in [0.25, 0.3) is 0 Å². The molecule has 0 aromatic heterocycles.